The van der Waals surface area contributed by atoms with Gasteiger partial charge < -0.3 is 10.1 Å². The SMILES string of the molecule is Cc1ccc(Cl)c(O[C@H](c2ccccn2)[C@@H]2CCNC2)c1F. The van der Waals surface area contributed by atoms with Crippen molar-refractivity contribution in [3.8, 4) is 5.75 Å². The van der Waals surface area contributed by atoms with E-state index < -0.39 is 5.82 Å². The smallest absolute Gasteiger partial charge is 0.174 e. The lowest BCUT2D eigenvalue weighted by atomic mass is 9.98. The molecule has 3 rings (SSSR count). The standard InChI is InChI=1S/C17H18ClFN2O/c1-11-5-6-13(18)17(15(11)19)22-16(12-7-9-20-10-12)14-4-2-3-8-21-14/h2-6,8,12,16,20H,7,9-10H2,1H3/t12-,16+/m1/s1. The molecule has 5 heteroatoms. The molecule has 3 nitrogen and oxygen atoms in total. The fourth-order valence-corrected chi connectivity index (χ4v) is 2.93. The Bertz CT molecular complexity index is 645. The van der Waals surface area contributed by atoms with Crippen molar-refractivity contribution in [2.24, 2.45) is 5.92 Å². The number of aryl methyl sites for hydroxylation is 1. The molecule has 1 N–H and O–H groups in total. The Balaban J connectivity index is 1.95. The van der Waals surface area contributed by atoms with Crippen LogP contribution in [-0.4, -0.2) is 18.1 Å². The third-order valence-electron chi connectivity index (χ3n) is 3.99. The van der Waals surface area contributed by atoms with Gasteiger partial charge in [-0.1, -0.05) is 23.7 Å². The van der Waals surface area contributed by atoms with Gasteiger partial charge >= 0.3 is 0 Å². The first kappa shape index (κ1) is 15.3. The first-order chi connectivity index (χ1) is 10.7. The second-order valence-corrected chi connectivity index (χ2v) is 5.96. The van der Waals surface area contributed by atoms with Crippen molar-refractivity contribution in [1.82, 2.24) is 10.3 Å². The van der Waals surface area contributed by atoms with Crippen molar-refractivity contribution in [3.63, 3.8) is 0 Å². The first-order valence-electron chi connectivity index (χ1n) is 7.39. The van der Waals surface area contributed by atoms with Gasteiger partial charge in [0.25, 0.3) is 0 Å². The summed E-state index contributed by atoms with van der Waals surface area (Å²) in [7, 11) is 0. The van der Waals surface area contributed by atoms with Crippen LogP contribution in [0, 0.1) is 18.7 Å². The van der Waals surface area contributed by atoms with Gasteiger partial charge in [-0.15, -0.1) is 0 Å². The van der Waals surface area contributed by atoms with Crippen molar-refractivity contribution >= 4 is 11.6 Å². The van der Waals surface area contributed by atoms with E-state index in [0.29, 0.717) is 5.56 Å². The van der Waals surface area contributed by atoms with Gasteiger partial charge in [0.05, 0.1) is 10.7 Å². The molecule has 1 fully saturated rings. The fraction of sp³-hybridized carbons (Fsp3) is 0.353. The molecule has 1 aromatic carbocycles. The minimum absolute atomic E-state index is 0.115. The van der Waals surface area contributed by atoms with Crippen LogP contribution in [0.4, 0.5) is 4.39 Å². The highest BCUT2D eigenvalue weighted by atomic mass is 35.5. The largest absolute Gasteiger partial charge is 0.479 e. The Hall–Kier alpha value is -1.65. The third-order valence-corrected chi connectivity index (χ3v) is 4.29. The summed E-state index contributed by atoms with van der Waals surface area (Å²) in [5.41, 5.74) is 1.32. The second-order valence-electron chi connectivity index (χ2n) is 5.55. The molecule has 0 bridgehead atoms. The lowest BCUT2D eigenvalue weighted by Gasteiger charge is -2.25. The van der Waals surface area contributed by atoms with Crippen LogP contribution in [0.15, 0.2) is 36.5 Å². The van der Waals surface area contributed by atoms with E-state index in [1.165, 1.54) is 0 Å². The number of benzene rings is 1. The van der Waals surface area contributed by atoms with E-state index in [-0.39, 0.29) is 22.8 Å². The predicted molar refractivity (Wildman–Crippen MR) is 84.7 cm³/mol. The van der Waals surface area contributed by atoms with Crippen molar-refractivity contribution in [2.75, 3.05) is 13.1 Å². The average molecular weight is 321 g/mol. The number of nitrogens with one attached hydrogen (secondary N) is 1. The molecule has 2 atom stereocenters. The summed E-state index contributed by atoms with van der Waals surface area (Å²) in [4.78, 5) is 4.38. The summed E-state index contributed by atoms with van der Waals surface area (Å²) >= 11 is 6.14. The van der Waals surface area contributed by atoms with E-state index in [1.807, 2.05) is 18.2 Å². The summed E-state index contributed by atoms with van der Waals surface area (Å²) in [6.07, 6.45) is 2.37. The molecule has 2 aromatic rings. The lowest BCUT2D eigenvalue weighted by molar-refractivity contribution is 0.134. The third kappa shape index (κ3) is 3.08. The Morgan fingerprint density at radius 1 is 1.36 bits per heavy atom. The van der Waals surface area contributed by atoms with Gasteiger partial charge in [-0.2, -0.15) is 0 Å². The van der Waals surface area contributed by atoms with Crippen molar-refractivity contribution < 1.29 is 9.13 Å². The van der Waals surface area contributed by atoms with Crippen molar-refractivity contribution in [1.29, 1.82) is 0 Å². The van der Waals surface area contributed by atoms with Gasteiger partial charge in [0.2, 0.25) is 0 Å². The second kappa shape index (κ2) is 6.63. The summed E-state index contributed by atoms with van der Waals surface area (Å²) in [6.45, 7) is 3.46. The molecule has 1 aliphatic heterocycles. The normalized spacial score (nSPS) is 19.1. The molecule has 116 valence electrons. The Morgan fingerprint density at radius 3 is 2.91 bits per heavy atom. The Labute approximate surface area is 134 Å². The minimum Gasteiger partial charge on any atom is -0.479 e. The molecule has 0 saturated carbocycles. The number of pyridine rings is 1. The van der Waals surface area contributed by atoms with Crippen LogP contribution in [0.1, 0.15) is 23.8 Å². The molecule has 0 radical (unpaired) electrons. The van der Waals surface area contributed by atoms with Crippen LogP contribution in [0.25, 0.3) is 0 Å². The van der Waals surface area contributed by atoms with Crippen LogP contribution in [-0.2, 0) is 0 Å². The van der Waals surface area contributed by atoms with E-state index in [2.05, 4.69) is 10.3 Å². The van der Waals surface area contributed by atoms with Crippen molar-refractivity contribution in [3.05, 3.63) is 58.6 Å². The maximum Gasteiger partial charge on any atom is 0.174 e. The van der Waals surface area contributed by atoms with Gasteiger partial charge in [0, 0.05) is 18.7 Å². The predicted octanol–water partition coefficient (Wildman–Crippen LogP) is 3.91. The van der Waals surface area contributed by atoms with E-state index >= 15 is 0 Å². The molecule has 0 aliphatic carbocycles. The molecule has 1 saturated heterocycles. The molecule has 2 heterocycles. The zero-order valence-electron chi connectivity index (χ0n) is 12.4. The maximum atomic E-state index is 14.4. The molecule has 0 spiro atoms. The van der Waals surface area contributed by atoms with Gasteiger partial charge in [-0.25, -0.2) is 4.39 Å². The molecule has 0 amide bonds. The first-order valence-corrected chi connectivity index (χ1v) is 7.77. The fourth-order valence-electron chi connectivity index (χ4n) is 2.74. The molecule has 1 aliphatic rings. The molecular weight excluding hydrogens is 303 g/mol. The zero-order valence-corrected chi connectivity index (χ0v) is 13.1. The summed E-state index contributed by atoms with van der Waals surface area (Å²) in [5, 5.41) is 3.60. The van der Waals surface area contributed by atoms with Gasteiger partial charge in [-0.05, 0) is 43.7 Å². The highest BCUT2D eigenvalue weighted by molar-refractivity contribution is 6.32. The highest BCUT2D eigenvalue weighted by Crippen LogP contribution is 2.37. The molecular formula is C17H18ClFN2O. The number of hydrogen-bond donors (Lipinski definition) is 1. The number of rotatable bonds is 4. The van der Waals surface area contributed by atoms with Crippen molar-refractivity contribution in [2.45, 2.75) is 19.4 Å². The number of nitrogens with zero attached hydrogens (tertiary/aromatic N) is 1. The van der Waals surface area contributed by atoms with Crippen LogP contribution in [0.2, 0.25) is 5.02 Å². The topological polar surface area (TPSA) is 34.1 Å². The van der Waals surface area contributed by atoms with Gasteiger partial charge in [-0.3, -0.25) is 4.98 Å². The minimum atomic E-state index is -0.403. The number of halogens is 2. The Kier molecular flexibility index (Phi) is 4.60. The van der Waals surface area contributed by atoms with E-state index in [0.717, 1.165) is 25.2 Å². The Morgan fingerprint density at radius 2 is 2.23 bits per heavy atom. The number of hydrogen-bond acceptors (Lipinski definition) is 3. The number of ether oxygens (including phenoxy) is 1. The van der Waals surface area contributed by atoms with Crippen LogP contribution in [0.3, 0.4) is 0 Å². The highest BCUT2D eigenvalue weighted by Gasteiger charge is 2.30. The van der Waals surface area contributed by atoms with Crippen LogP contribution >= 0.6 is 11.6 Å². The summed E-state index contributed by atoms with van der Waals surface area (Å²) < 4.78 is 20.4. The quantitative estimate of drug-likeness (QED) is 0.927. The van der Waals surface area contributed by atoms with Gasteiger partial charge in [0.15, 0.2) is 11.6 Å². The zero-order chi connectivity index (χ0) is 15.5. The summed E-state index contributed by atoms with van der Waals surface area (Å²) in [6, 6.07) is 8.99. The lowest BCUT2D eigenvalue weighted by Crippen LogP contribution is -2.22. The maximum absolute atomic E-state index is 14.4. The van der Waals surface area contributed by atoms with E-state index in [1.54, 1.807) is 25.3 Å². The van der Waals surface area contributed by atoms with E-state index in [4.69, 9.17) is 16.3 Å². The monoisotopic (exact) mass is 320 g/mol. The van der Waals surface area contributed by atoms with Crippen LogP contribution < -0.4 is 10.1 Å². The van der Waals surface area contributed by atoms with Gasteiger partial charge in [0.1, 0.15) is 6.10 Å². The average Bonchev–Trinajstić information content (AvgIpc) is 3.06. The molecule has 0 unspecified atom stereocenters. The molecule has 22 heavy (non-hydrogen) atoms. The van der Waals surface area contributed by atoms with Crippen LogP contribution in [0.5, 0.6) is 5.75 Å². The van der Waals surface area contributed by atoms with E-state index in [9.17, 15) is 4.39 Å². The summed E-state index contributed by atoms with van der Waals surface area (Å²) in [5.74, 6) is -0.0468. The molecule has 1 aromatic heterocycles. The number of aromatic nitrogens is 1.